The fraction of sp³-hybridized carbons (Fsp3) is 0.211. The third-order valence-electron chi connectivity index (χ3n) is 4.71. The van der Waals surface area contributed by atoms with E-state index in [4.69, 9.17) is 16.6 Å². The van der Waals surface area contributed by atoms with Crippen LogP contribution in [0.1, 0.15) is 18.5 Å². The van der Waals surface area contributed by atoms with Crippen molar-refractivity contribution in [1.29, 1.82) is 0 Å². The number of nitrogens with one attached hydrogen (secondary N) is 3. The molecule has 1 fully saturated rings. The minimum absolute atomic E-state index is 0.242. The van der Waals surface area contributed by atoms with Gasteiger partial charge in [0.05, 0.1) is 11.2 Å². The number of nitrogens with zero attached hydrogens (tertiary/aromatic N) is 5. The molecule has 11 heteroatoms. The highest BCUT2D eigenvalue weighted by Gasteiger charge is 2.20. The van der Waals surface area contributed by atoms with Gasteiger partial charge in [-0.05, 0) is 37.0 Å². The molecule has 0 aromatic carbocycles. The summed E-state index contributed by atoms with van der Waals surface area (Å²) in [6.45, 7) is 0.725. The maximum Gasteiger partial charge on any atom is 0.326 e. The number of aromatic nitrogens is 6. The van der Waals surface area contributed by atoms with Crippen LogP contribution in [-0.2, 0) is 0 Å². The SMILES string of the molecule is O=c1[nH]c(O)c(C=c2cnn3c(=NCC4CC4)cc(Nc4ccc(Cl)cn4)nc23)[nH]1. The zero-order chi connectivity index (χ0) is 20.7. The average Bonchev–Trinajstić information content (AvgIpc) is 3.39. The van der Waals surface area contributed by atoms with Crippen LogP contribution in [0.25, 0.3) is 11.7 Å². The molecule has 4 aromatic rings. The number of halogens is 1. The van der Waals surface area contributed by atoms with Gasteiger partial charge in [-0.15, -0.1) is 0 Å². The molecule has 10 nitrogen and oxygen atoms in total. The summed E-state index contributed by atoms with van der Waals surface area (Å²) in [5.41, 5.74) is 0.908. The van der Waals surface area contributed by atoms with Crippen LogP contribution in [0, 0.1) is 5.92 Å². The van der Waals surface area contributed by atoms with Crippen LogP contribution in [0.3, 0.4) is 0 Å². The van der Waals surface area contributed by atoms with Crippen molar-refractivity contribution in [2.75, 3.05) is 11.9 Å². The van der Waals surface area contributed by atoms with E-state index in [1.807, 2.05) is 0 Å². The number of anilines is 2. The highest BCUT2D eigenvalue weighted by molar-refractivity contribution is 6.30. The van der Waals surface area contributed by atoms with Gasteiger partial charge in [-0.2, -0.15) is 9.61 Å². The van der Waals surface area contributed by atoms with E-state index in [1.54, 1.807) is 41.2 Å². The minimum atomic E-state index is -0.500. The van der Waals surface area contributed by atoms with Crippen molar-refractivity contribution in [3.8, 4) is 5.88 Å². The fourth-order valence-corrected chi connectivity index (χ4v) is 3.11. The van der Waals surface area contributed by atoms with E-state index in [1.165, 1.54) is 12.8 Å². The predicted octanol–water partition coefficient (Wildman–Crippen LogP) is 1.10. The van der Waals surface area contributed by atoms with E-state index in [-0.39, 0.29) is 11.6 Å². The average molecular weight is 425 g/mol. The lowest BCUT2D eigenvalue weighted by atomic mass is 10.3. The molecule has 1 saturated carbocycles. The summed E-state index contributed by atoms with van der Waals surface area (Å²) in [4.78, 5) is 29.8. The van der Waals surface area contributed by atoms with Gasteiger partial charge in [-0.25, -0.2) is 14.8 Å². The van der Waals surface area contributed by atoms with E-state index < -0.39 is 5.69 Å². The Labute approximate surface area is 174 Å². The van der Waals surface area contributed by atoms with Gasteiger partial charge in [0.2, 0.25) is 5.88 Å². The maximum absolute atomic E-state index is 11.4. The van der Waals surface area contributed by atoms with Gasteiger partial charge in [0.15, 0.2) is 11.1 Å². The number of aromatic amines is 2. The Morgan fingerprint density at radius 1 is 1.30 bits per heavy atom. The number of hydrogen-bond acceptors (Lipinski definition) is 7. The van der Waals surface area contributed by atoms with Crippen molar-refractivity contribution < 1.29 is 5.11 Å². The van der Waals surface area contributed by atoms with Gasteiger partial charge >= 0.3 is 5.69 Å². The van der Waals surface area contributed by atoms with Gasteiger partial charge < -0.3 is 15.4 Å². The molecule has 4 N–H and O–H groups in total. The first kappa shape index (κ1) is 18.4. The van der Waals surface area contributed by atoms with E-state index in [9.17, 15) is 9.90 Å². The lowest BCUT2D eigenvalue weighted by Gasteiger charge is -2.05. The van der Waals surface area contributed by atoms with Crippen molar-refractivity contribution in [2.45, 2.75) is 12.8 Å². The van der Waals surface area contributed by atoms with E-state index >= 15 is 0 Å². The predicted molar refractivity (Wildman–Crippen MR) is 111 cm³/mol. The Bertz CT molecular complexity index is 1400. The summed E-state index contributed by atoms with van der Waals surface area (Å²) >= 11 is 5.91. The molecule has 0 radical (unpaired) electrons. The van der Waals surface area contributed by atoms with Gasteiger partial charge in [0.25, 0.3) is 0 Å². The number of fused-ring (bicyclic) bond motifs is 1. The second-order valence-corrected chi connectivity index (χ2v) is 7.53. The van der Waals surface area contributed by atoms with Gasteiger partial charge in [0, 0.05) is 24.0 Å². The molecule has 0 bridgehead atoms. The van der Waals surface area contributed by atoms with Crippen LogP contribution < -0.4 is 21.7 Å². The molecular formula is C19H17ClN8O2. The van der Waals surface area contributed by atoms with E-state index in [0.717, 1.165) is 6.54 Å². The number of H-pyrrole nitrogens is 2. The molecule has 1 aliphatic rings. The van der Waals surface area contributed by atoms with Gasteiger partial charge in [0.1, 0.15) is 17.3 Å². The Kier molecular flexibility index (Phi) is 4.47. The normalized spacial score (nSPS) is 15.2. The summed E-state index contributed by atoms with van der Waals surface area (Å²) in [5.74, 6) is 1.49. The molecule has 4 aromatic heterocycles. The number of rotatable bonds is 5. The van der Waals surface area contributed by atoms with Gasteiger partial charge in [-0.3, -0.25) is 9.98 Å². The van der Waals surface area contributed by atoms with Crippen LogP contribution in [-0.4, -0.2) is 41.2 Å². The largest absolute Gasteiger partial charge is 0.493 e. The van der Waals surface area contributed by atoms with Crippen LogP contribution >= 0.6 is 11.6 Å². The molecule has 0 spiro atoms. The number of pyridine rings is 1. The molecule has 1 aliphatic carbocycles. The zero-order valence-electron chi connectivity index (χ0n) is 15.6. The standard InChI is InChI=1S/C19H17ClN8O2/c20-12-3-4-14(21-9-12)25-15-6-16(22-7-10-1-2-10)28-17(26-15)11(8-23-28)5-13-18(29)27-19(30)24-13/h3-6,8-10,29H,1-2,7H2,(H,21,25)(H2,24,27,30). The first-order valence-electron chi connectivity index (χ1n) is 9.36. The molecule has 0 aliphatic heterocycles. The summed E-state index contributed by atoms with van der Waals surface area (Å²) in [6, 6.07) is 5.29. The summed E-state index contributed by atoms with van der Waals surface area (Å²) in [5, 5.41) is 18.6. The Morgan fingerprint density at radius 3 is 2.87 bits per heavy atom. The molecular weight excluding hydrogens is 408 g/mol. The number of hydrogen-bond donors (Lipinski definition) is 4. The molecule has 0 amide bonds. The molecule has 4 heterocycles. The van der Waals surface area contributed by atoms with E-state index in [0.29, 0.717) is 38.9 Å². The van der Waals surface area contributed by atoms with Crippen LogP contribution in [0.2, 0.25) is 5.02 Å². The fourth-order valence-electron chi connectivity index (χ4n) is 2.99. The lowest BCUT2D eigenvalue weighted by Crippen LogP contribution is -2.20. The van der Waals surface area contributed by atoms with Crippen molar-refractivity contribution in [1.82, 2.24) is 29.5 Å². The van der Waals surface area contributed by atoms with Crippen molar-refractivity contribution >= 4 is 35.0 Å². The van der Waals surface area contributed by atoms with Crippen LogP contribution in [0.5, 0.6) is 5.88 Å². The topological polar surface area (TPSA) is 136 Å². The second kappa shape index (κ2) is 7.30. The Balaban J connectivity index is 1.64. The van der Waals surface area contributed by atoms with E-state index in [2.05, 4.69) is 30.4 Å². The van der Waals surface area contributed by atoms with Crippen molar-refractivity contribution in [3.05, 3.63) is 62.5 Å². The van der Waals surface area contributed by atoms with Gasteiger partial charge in [-0.1, -0.05) is 11.6 Å². The summed E-state index contributed by atoms with van der Waals surface area (Å²) in [6.07, 6.45) is 7.13. The highest BCUT2D eigenvalue weighted by Crippen LogP contribution is 2.28. The second-order valence-electron chi connectivity index (χ2n) is 7.09. The smallest absolute Gasteiger partial charge is 0.326 e. The quantitative estimate of drug-likeness (QED) is 0.378. The third-order valence-corrected chi connectivity index (χ3v) is 4.93. The van der Waals surface area contributed by atoms with Crippen molar-refractivity contribution in [3.63, 3.8) is 0 Å². The monoisotopic (exact) mass is 424 g/mol. The molecule has 0 unspecified atom stereocenters. The molecule has 0 saturated heterocycles. The number of imidazole rings is 1. The molecule has 30 heavy (non-hydrogen) atoms. The molecule has 0 atom stereocenters. The third kappa shape index (κ3) is 3.77. The highest BCUT2D eigenvalue weighted by atomic mass is 35.5. The first-order chi connectivity index (χ1) is 14.5. The number of aromatic hydroxyl groups is 1. The van der Waals surface area contributed by atoms with Crippen LogP contribution in [0.15, 0.2) is 40.4 Å². The van der Waals surface area contributed by atoms with Crippen molar-refractivity contribution in [2.24, 2.45) is 10.9 Å². The Morgan fingerprint density at radius 2 is 2.17 bits per heavy atom. The molecule has 5 rings (SSSR count). The summed E-state index contributed by atoms with van der Waals surface area (Å²) < 4.78 is 1.64. The summed E-state index contributed by atoms with van der Waals surface area (Å²) in [7, 11) is 0. The minimum Gasteiger partial charge on any atom is -0.493 e. The van der Waals surface area contributed by atoms with Crippen LogP contribution in [0.4, 0.5) is 11.6 Å². The lowest BCUT2D eigenvalue weighted by molar-refractivity contribution is 0.454. The maximum atomic E-state index is 11.4. The molecule has 152 valence electrons. The zero-order valence-corrected chi connectivity index (χ0v) is 16.4. The Hall–Kier alpha value is -3.66. The first-order valence-corrected chi connectivity index (χ1v) is 9.74.